The highest BCUT2D eigenvalue weighted by molar-refractivity contribution is 7.97. The van der Waals surface area contributed by atoms with E-state index in [-0.39, 0.29) is 18.4 Å². The van der Waals surface area contributed by atoms with Crippen molar-refractivity contribution in [3.05, 3.63) is 29.8 Å². The van der Waals surface area contributed by atoms with Crippen molar-refractivity contribution in [1.82, 2.24) is 9.79 Å². The van der Waals surface area contributed by atoms with Crippen LogP contribution in [0.5, 0.6) is 0 Å². The Bertz CT molecular complexity index is 383. The predicted octanol–water partition coefficient (Wildman–Crippen LogP) is 1.58. The van der Waals surface area contributed by atoms with E-state index in [2.05, 4.69) is 0 Å². The lowest BCUT2D eigenvalue weighted by Gasteiger charge is -2.17. The van der Waals surface area contributed by atoms with E-state index in [1.807, 2.05) is 35.6 Å². The molecule has 2 rings (SSSR count). The van der Waals surface area contributed by atoms with Gasteiger partial charge in [-0.05, 0) is 30.6 Å². The molecular formula is C10H12N2O2S. The molecule has 0 saturated carbocycles. The van der Waals surface area contributed by atoms with Crippen molar-refractivity contribution in [2.24, 2.45) is 0 Å². The summed E-state index contributed by atoms with van der Waals surface area (Å²) >= 11 is 1.62. The Morgan fingerprint density at radius 1 is 1.60 bits per heavy atom. The molecule has 1 unspecified atom stereocenters. The second kappa shape index (κ2) is 4.22. The molecule has 0 saturated heterocycles. The Labute approximate surface area is 92.4 Å². The van der Waals surface area contributed by atoms with E-state index in [0.29, 0.717) is 0 Å². The van der Waals surface area contributed by atoms with Crippen LogP contribution in [0.1, 0.15) is 18.0 Å². The van der Waals surface area contributed by atoms with Gasteiger partial charge in [0.15, 0.2) is 0 Å². The average Bonchev–Trinajstić information content (AvgIpc) is 2.55. The molecule has 4 nitrogen and oxygen atoms in total. The first-order chi connectivity index (χ1) is 7.22. The van der Waals surface area contributed by atoms with E-state index in [0.717, 1.165) is 5.56 Å². The lowest BCUT2D eigenvalue weighted by Crippen LogP contribution is -2.24. The van der Waals surface area contributed by atoms with E-state index in [9.17, 15) is 4.79 Å². The molecule has 0 aromatic heterocycles. The van der Waals surface area contributed by atoms with Gasteiger partial charge in [-0.2, -0.15) is 0 Å². The molecule has 2 N–H and O–H groups in total. The molecule has 1 aromatic rings. The third-order valence-corrected chi connectivity index (χ3v) is 3.57. The van der Waals surface area contributed by atoms with Gasteiger partial charge in [-0.15, -0.1) is 0 Å². The summed E-state index contributed by atoms with van der Waals surface area (Å²) in [6.07, 6.45) is 0.275. The summed E-state index contributed by atoms with van der Waals surface area (Å²) in [6, 6.07) is 8.03. The number of carbonyl (C=O) groups excluding carboxylic acids is 1. The molecule has 1 aliphatic rings. The minimum Gasteiger partial charge on any atom is -0.289 e. The third-order valence-electron chi connectivity index (χ3n) is 2.46. The van der Waals surface area contributed by atoms with Crippen LogP contribution < -0.4 is 5.48 Å². The molecule has 1 aromatic carbocycles. The first-order valence-corrected chi connectivity index (χ1v) is 5.42. The number of rotatable bonds is 2. The molecule has 1 aliphatic heterocycles. The van der Waals surface area contributed by atoms with E-state index >= 15 is 0 Å². The van der Waals surface area contributed by atoms with Gasteiger partial charge in [0.1, 0.15) is 0 Å². The highest BCUT2D eigenvalue weighted by atomic mass is 32.2. The highest BCUT2D eigenvalue weighted by Gasteiger charge is 2.29. The van der Waals surface area contributed by atoms with Gasteiger partial charge in [-0.1, -0.05) is 18.2 Å². The molecule has 0 radical (unpaired) electrons. The minimum atomic E-state index is -0.357. The third kappa shape index (κ3) is 1.99. The standard InChI is InChI=1S/C10H12N2O2S/c1-12-8(6-10(13)11-14)7-4-2-3-5-9(7)15-12/h2-5,8,14H,6H2,1H3,(H,11,13). The van der Waals surface area contributed by atoms with Crippen molar-refractivity contribution in [3.63, 3.8) is 0 Å². The second-order valence-corrected chi connectivity index (χ2v) is 4.63. The summed E-state index contributed by atoms with van der Waals surface area (Å²) in [5.74, 6) is -0.357. The van der Waals surface area contributed by atoms with E-state index in [4.69, 9.17) is 5.21 Å². The summed E-state index contributed by atoms with van der Waals surface area (Å²) in [7, 11) is 1.94. The lowest BCUT2D eigenvalue weighted by atomic mass is 10.0. The summed E-state index contributed by atoms with van der Waals surface area (Å²) < 4.78 is 2.03. The van der Waals surface area contributed by atoms with Gasteiger partial charge < -0.3 is 0 Å². The topological polar surface area (TPSA) is 52.6 Å². The molecular weight excluding hydrogens is 212 g/mol. The number of hydroxylamine groups is 1. The molecule has 15 heavy (non-hydrogen) atoms. The van der Waals surface area contributed by atoms with Gasteiger partial charge in [-0.3, -0.25) is 10.0 Å². The van der Waals surface area contributed by atoms with Crippen molar-refractivity contribution >= 4 is 17.9 Å². The van der Waals surface area contributed by atoms with Gasteiger partial charge in [-0.25, -0.2) is 9.79 Å². The van der Waals surface area contributed by atoms with Crippen LogP contribution in [0.15, 0.2) is 29.2 Å². The van der Waals surface area contributed by atoms with E-state index in [1.54, 1.807) is 17.4 Å². The SMILES string of the molecule is CN1Sc2ccccc2C1CC(=O)NO. The van der Waals surface area contributed by atoms with Gasteiger partial charge in [0.05, 0.1) is 6.04 Å². The fourth-order valence-corrected chi connectivity index (χ4v) is 2.79. The maximum absolute atomic E-state index is 11.1. The van der Waals surface area contributed by atoms with Crippen LogP contribution in [-0.4, -0.2) is 22.5 Å². The Morgan fingerprint density at radius 3 is 3.07 bits per heavy atom. The number of carbonyl (C=O) groups is 1. The number of fused-ring (bicyclic) bond motifs is 1. The van der Waals surface area contributed by atoms with Crippen LogP contribution in [0.3, 0.4) is 0 Å². The Kier molecular flexibility index (Phi) is 2.95. The van der Waals surface area contributed by atoms with E-state index in [1.165, 1.54) is 4.90 Å². The molecule has 0 fully saturated rings. The van der Waals surface area contributed by atoms with Crippen LogP contribution in [-0.2, 0) is 4.79 Å². The zero-order valence-electron chi connectivity index (χ0n) is 8.30. The van der Waals surface area contributed by atoms with Crippen LogP contribution in [0, 0.1) is 0 Å². The molecule has 1 atom stereocenters. The highest BCUT2D eigenvalue weighted by Crippen LogP contribution is 2.44. The van der Waals surface area contributed by atoms with Gasteiger partial charge in [0.2, 0.25) is 5.91 Å². The van der Waals surface area contributed by atoms with Gasteiger partial charge >= 0.3 is 0 Å². The average molecular weight is 224 g/mol. The van der Waals surface area contributed by atoms with Crippen molar-refractivity contribution in [3.8, 4) is 0 Å². The first-order valence-electron chi connectivity index (χ1n) is 4.65. The van der Waals surface area contributed by atoms with Crippen molar-refractivity contribution in [2.75, 3.05) is 7.05 Å². The number of nitrogens with zero attached hydrogens (tertiary/aromatic N) is 1. The quantitative estimate of drug-likeness (QED) is 0.455. The molecule has 0 bridgehead atoms. The van der Waals surface area contributed by atoms with Crippen molar-refractivity contribution in [1.29, 1.82) is 0 Å². The zero-order valence-corrected chi connectivity index (χ0v) is 9.12. The Morgan fingerprint density at radius 2 is 2.33 bits per heavy atom. The smallest absolute Gasteiger partial charge is 0.245 e. The van der Waals surface area contributed by atoms with Crippen LogP contribution >= 0.6 is 11.9 Å². The van der Waals surface area contributed by atoms with Crippen molar-refractivity contribution in [2.45, 2.75) is 17.4 Å². The zero-order chi connectivity index (χ0) is 10.8. The van der Waals surface area contributed by atoms with E-state index < -0.39 is 0 Å². The molecule has 0 aliphatic carbocycles. The molecule has 1 heterocycles. The maximum atomic E-state index is 11.1. The number of hydrogen-bond donors (Lipinski definition) is 2. The van der Waals surface area contributed by atoms with Gasteiger partial charge in [0.25, 0.3) is 0 Å². The molecule has 0 spiro atoms. The predicted molar refractivity (Wildman–Crippen MR) is 57.3 cm³/mol. The summed E-state index contributed by atoms with van der Waals surface area (Å²) in [6.45, 7) is 0. The monoisotopic (exact) mass is 224 g/mol. The van der Waals surface area contributed by atoms with Crippen molar-refractivity contribution < 1.29 is 10.0 Å². The fourth-order valence-electron chi connectivity index (χ4n) is 1.71. The largest absolute Gasteiger partial charge is 0.289 e. The minimum absolute atomic E-state index is 0.0401. The number of hydrogen-bond acceptors (Lipinski definition) is 4. The summed E-state index contributed by atoms with van der Waals surface area (Å²) in [5, 5.41) is 8.50. The van der Waals surface area contributed by atoms with Crippen LogP contribution in [0.4, 0.5) is 0 Å². The Hall–Kier alpha value is -1.04. The lowest BCUT2D eigenvalue weighted by molar-refractivity contribution is -0.130. The summed E-state index contributed by atoms with van der Waals surface area (Å²) in [4.78, 5) is 12.3. The van der Waals surface area contributed by atoms with Gasteiger partial charge in [0, 0.05) is 11.3 Å². The second-order valence-electron chi connectivity index (χ2n) is 3.43. The fraction of sp³-hybridized carbons (Fsp3) is 0.300. The summed E-state index contributed by atoms with van der Waals surface area (Å²) in [5.41, 5.74) is 2.82. The number of nitrogens with one attached hydrogen (secondary N) is 1. The molecule has 5 heteroatoms. The van der Waals surface area contributed by atoms with Crippen LogP contribution in [0.2, 0.25) is 0 Å². The Balaban J connectivity index is 2.22. The number of amides is 1. The first kappa shape index (κ1) is 10.5. The number of benzene rings is 1. The molecule has 1 amide bonds. The molecule has 80 valence electrons. The maximum Gasteiger partial charge on any atom is 0.245 e. The normalized spacial score (nSPS) is 20.0. The van der Waals surface area contributed by atoms with Crippen LogP contribution in [0.25, 0.3) is 0 Å².